The molecular weight excluding hydrogens is 263 g/mol. The van der Waals surface area contributed by atoms with Crippen LogP contribution in [0.5, 0.6) is 0 Å². The molecule has 0 heterocycles. The summed E-state index contributed by atoms with van der Waals surface area (Å²) in [7, 11) is 0. The van der Waals surface area contributed by atoms with Gasteiger partial charge in [-0.05, 0) is 36.3 Å². The number of Topliss-reactive ketones (excluding diaryl/α,β-unsaturated/α-hetero) is 1. The fourth-order valence-electron chi connectivity index (χ4n) is 1.00. The SMILES string of the molecule is C=C(C)C(=O)Cc1cc(Cl)ccc1Br. The molecule has 0 atom stereocenters. The highest BCUT2D eigenvalue weighted by atomic mass is 79.9. The highest BCUT2D eigenvalue weighted by molar-refractivity contribution is 9.10. The van der Waals surface area contributed by atoms with Crippen molar-refractivity contribution in [2.75, 3.05) is 0 Å². The van der Waals surface area contributed by atoms with E-state index in [1.54, 1.807) is 19.1 Å². The molecule has 1 nitrogen and oxygen atoms in total. The summed E-state index contributed by atoms with van der Waals surface area (Å²) < 4.78 is 0.900. The third kappa shape index (κ3) is 2.96. The van der Waals surface area contributed by atoms with Crippen LogP contribution in [0.2, 0.25) is 5.02 Å². The van der Waals surface area contributed by atoms with E-state index in [4.69, 9.17) is 11.6 Å². The zero-order valence-electron chi connectivity index (χ0n) is 7.81. The maximum Gasteiger partial charge on any atom is 0.162 e. The lowest BCUT2D eigenvalue weighted by Gasteiger charge is -2.04. The van der Waals surface area contributed by atoms with Crippen molar-refractivity contribution in [2.24, 2.45) is 0 Å². The van der Waals surface area contributed by atoms with Crippen LogP contribution < -0.4 is 0 Å². The van der Waals surface area contributed by atoms with Crippen LogP contribution in [-0.4, -0.2) is 5.78 Å². The Morgan fingerprint density at radius 1 is 1.57 bits per heavy atom. The number of allylic oxidation sites excluding steroid dienone is 1. The van der Waals surface area contributed by atoms with Gasteiger partial charge in [-0.2, -0.15) is 0 Å². The minimum atomic E-state index is 0.0352. The van der Waals surface area contributed by atoms with E-state index in [1.165, 1.54) is 0 Å². The fourth-order valence-corrected chi connectivity index (χ4v) is 1.58. The van der Waals surface area contributed by atoms with Crippen LogP contribution in [0.15, 0.2) is 34.8 Å². The van der Waals surface area contributed by atoms with E-state index in [-0.39, 0.29) is 5.78 Å². The number of carbonyl (C=O) groups is 1. The molecule has 14 heavy (non-hydrogen) atoms. The summed E-state index contributed by atoms with van der Waals surface area (Å²) in [5.41, 5.74) is 1.46. The second kappa shape index (κ2) is 4.76. The minimum Gasteiger partial charge on any atom is -0.294 e. The largest absolute Gasteiger partial charge is 0.294 e. The van der Waals surface area contributed by atoms with Crippen molar-refractivity contribution in [3.8, 4) is 0 Å². The Balaban J connectivity index is 2.91. The monoisotopic (exact) mass is 272 g/mol. The quantitative estimate of drug-likeness (QED) is 0.766. The predicted molar refractivity (Wildman–Crippen MR) is 62.7 cm³/mol. The molecule has 0 unspecified atom stereocenters. The molecule has 0 N–H and O–H groups in total. The molecule has 0 spiro atoms. The van der Waals surface area contributed by atoms with E-state index < -0.39 is 0 Å². The molecule has 1 aromatic carbocycles. The van der Waals surface area contributed by atoms with E-state index in [2.05, 4.69) is 22.5 Å². The van der Waals surface area contributed by atoms with Crippen LogP contribution in [0, 0.1) is 0 Å². The maximum atomic E-state index is 11.4. The van der Waals surface area contributed by atoms with Crippen molar-refractivity contribution in [1.29, 1.82) is 0 Å². The van der Waals surface area contributed by atoms with Crippen LogP contribution >= 0.6 is 27.5 Å². The van der Waals surface area contributed by atoms with E-state index in [0.717, 1.165) is 10.0 Å². The third-order valence-corrected chi connectivity index (χ3v) is 2.84. The number of hydrogen-bond donors (Lipinski definition) is 0. The van der Waals surface area contributed by atoms with Crippen LogP contribution in [0.3, 0.4) is 0 Å². The summed E-state index contributed by atoms with van der Waals surface area (Å²) in [6.45, 7) is 5.31. The van der Waals surface area contributed by atoms with Gasteiger partial charge in [0.15, 0.2) is 5.78 Å². The Hall–Kier alpha value is -0.600. The van der Waals surface area contributed by atoms with Crippen LogP contribution in [0.4, 0.5) is 0 Å². The average Bonchev–Trinajstić information content (AvgIpc) is 2.11. The van der Waals surface area contributed by atoms with Crippen molar-refractivity contribution >= 4 is 33.3 Å². The summed E-state index contributed by atoms with van der Waals surface area (Å²) in [6, 6.07) is 5.40. The molecule has 0 radical (unpaired) electrons. The Labute approximate surface area is 96.9 Å². The number of halogens is 2. The molecule has 0 saturated heterocycles. The number of benzene rings is 1. The lowest BCUT2D eigenvalue weighted by molar-refractivity contribution is -0.114. The van der Waals surface area contributed by atoms with E-state index in [0.29, 0.717) is 17.0 Å². The molecule has 0 bridgehead atoms. The molecule has 3 heteroatoms. The molecule has 0 aromatic heterocycles. The molecule has 0 fully saturated rings. The first-order valence-corrected chi connectivity index (χ1v) is 5.30. The zero-order chi connectivity index (χ0) is 10.7. The number of carbonyl (C=O) groups excluding carboxylic acids is 1. The van der Waals surface area contributed by atoms with Gasteiger partial charge < -0.3 is 0 Å². The molecule has 1 rings (SSSR count). The van der Waals surface area contributed by atoms with E-state index >= 15 is 0 Å². The van der Waals surface area contributed by atoms with Gasteiger partial charge in [0, 0.05) is 15.9 Å². The lowest BCUT2D eigenvalue weighted by Crippen LogP contribution is -2.03. The Morgan fingerprint density at radius 3 is 2.79 bits per heavy atom. The lowest BCUT2D eigenvalue weighted by atomic mass is 10.1. The van der Waals surface area contributed by atoms with Crippen LogP contribution in [0.1, 0.15) is 12.5 Å². The number of ketones is 1. The first kappa shape index (κ1) is 11.5. The standard InChI is InChI=1S/C11H10BrClO/c1-7(2)11(14)6-8-5-9(13)3-4-10(8)12/h3-5H,1,6H2,2H3. The second-order valence-corrected chi connectivity index (χ2v) is 4.41. The second-order valence-electron chi connectivity index (χ2n) is 3.12. The molecule has 1 aromatic rings. The third-order valence-electron chi connectivity index (χ3n) is 1.83. The Bertz CT molecular complexity index is 385. The summed E-state index contributed by atoms with van der Waals surface area (Å²) >= 11 is 9.19. The fraction of sp³-hybridized carbons (Fsp3) is 0.182. The van der Waals surface area contributed by atoms with E-state index in [9.17, 15) is 4.79 Å². The van der Waals surface area contributed by atoms with Crippen LogP contribution in [0.25, 0.3) is 0 Å². The van der Waals surface area contributed by atoms with Gasteiger partial charge >= 0.3 is 0 Å². The van der Waals surface area contributed by atoms with Crippen molar-refractivity contribution < 1.29 is 4.79 Å². The van der Waals surface area contributed by atoms with Gasteiger partial charge in [-0.1, -0.05) is 34.1 Å². The first-order chi connectivity index (χ1) is 6.50. The smallest absolute Gasteiger partial charge is 0.162 e. The topological polar surface area (TPSA) is 17.1 Å². The van der Waals surface area contributed by atoms with Gasteiger partial charge in [0.2, 0.25) is 0 Å². The van der Waals surface area contributed by atoms with Crippen molar-refractivity contribution in [3.05, 3.63) is 45.4 Å². The van der Waals surface area contributed by atoms with Crippen LogP contribution in [-0.2, 0) is 11.2 Å². The van der Waals surface area contributed by atoms with Crippen molar-refractivity contribution in [3.63, 3.8) is 0 Å². The van der Waals surface area contributed by atoms with Gasteiger partial charge in [0.25, 0.3) is 0 Å². The van der Waals surface area contributed by atoms with Gasteiger partial charge in [0.1, 0.15) is 0 Å². The summed E-state index contributed by atoms with van der Waals surface area (Å²) in [4.78, 5) is 11.4. The molecular formula is C11H10BrClO. The van der Waals surface area contributed by atoms with Gasteiger partial charge in [-0.3, -0.25) is 4.79 Å². The molecule has 0 amide bonds. The molecule has 74 valence electrons. The van der Waals surface area contributed by atoms with Gasteiger partial charge in [-0.25, -0.2) is 0 Å². The van der Waals surface area contributed by atoms with E-state index in [1.807, 2.05) is 6.07 Å². The molecule has 0 saturated carbocycles. The van der Waals surface area contributed by atoms with Gasteiger partial charge in [-0.15, -0.1) is 0 Å². The van der Waals surface area contributed by atoms with Crippen molar-refractivity contribution in [1.82, 2.24) is 0 Å². The summed E-state index contributed by atoms with van der Waals surface area (Å²) in [6.07, 6.45) is 0.344. The Morgan fingerprint density at radius 2 is 2.21 bits per heavy atom. The number of hydrogen-bond acceptors (Lipinski definition) is 1. The number of rotatable bonds is 3. The first-order valence-electron chi connectivity index (χ1n) is 4.13. The molecule has 0 aliphatic carbocycles. The highest BCUT2D eigenvalue weighted by Gasteiger charge is 2.07. The average molecular weight is 274 g/mol. The molecule has 0 aliphatic rings. The Kier molecular flexibility index (Phi) is 3.90. The van der Waals surface area contributed by atoms with Crippen molar-refractivity contribution in [2.45, 2.75) is 13.3 Å². The highest BCUT2D eigenvalue weighted by Crippen LogP contribution is 2.22. The summed E-state index contributed by atoms with van der Waals surface area (Å²) in [5.74, 6) is 0.0352. The predicted octanol–water partition coefficient (Wildman–Crippen LogP) is 3.79. The maximum absolute atomic E-state index is 11.4. The minimum absolute atomic E-state index is 0.0352. The van der Waals surface area contributed by atoms with Gasteiger partial charge in [0.05, 0.1) is 0 Å². The molecule has 0 aliphatic heterocycles. The zero-order valence-corrected chi connectivity index (χ0v) is 10.2. The summed E-state index contributed by atoms with van der Waals surface area (Å²) in [5, 5.41) is 0.637. The normalized spacial score (nSPS) is 9.93.